The van der Waals surface area contributed by atoms with Crippen molar-refractivity contribution in [1.29, 1.82) is 0 Å². The summed E-state index contributed by atoms with van der Waals surface area (Å²) >= 11 is 1.44. The standard InChI is InChI=1S/C23H19N3O2S/c1-2-20(19-13-25-29-14-19)23(17-8-9-21-18(11-17)12-24-26-21)16-6-3-15(4-7-16)5-10-22(27)28/h3-14H,2H2,1H3,(H,24,26)(H,27,28)/b10-5+,23-20+. The molecule has 4 rings (SSSR count). The molecule has 5 nitrogen and oxygen atoms in total. The first-order valence-electron chi connectivity index (χ1n) is 9.23. The summed E-state index contributed by atoms with van der Waals surface area (Å²) in [6, 6.07) is 14.2. The van der Waals surface area contributed by atoms with Crippen LogP contribution in [-0.2, 0) is 4.79 Å². The summed E-state index contributed by atoms with van der Waals surface area (Å²) in [6.07, 6.45) is 7.33. The molecule has 0 aliphatic rings. The first-order valence-corrected chi connectivity index (χ1v) is 10.1. The Hall–Kier alpha value is -3.51. The fourth-order valence-corrected chi connectivity index (χ4v) is 3.97. The topological polar surface area (TPSA) is 78.9 Å². The Labute approximate surface area is 172 Å². The van der Waals surface area contributed by atoms with Crippen LogP contribution in [0.25, 0.3) is 28.1 Å². The van der Waals surface area contributed by atoms with Crippen molar-refractivity contribution in [2.45, 2.75) is 13.3 Å². The van der Waals surface area contributed by atoms with Crippen molar-refractivity contribution in [3.63, 3.8) is 0 Å². The first kappa shape index (κ1) is 18.8. The number of allylic oxidation sites excluding steroid dienone is 1. The summed E-state index contributed by atoms with van der Waals surface area (Å²) in [7, 11) is 0. The van der Waals surface area contributed by atoms with Crippen molar-refractivity contribution >= 4 is 45.6 Å². The summed E-state index contributed by atoms with van der Waals surface area (Å²) < 4.78 is 4.29. The van der Waals surface area contributed by atoms with Gasteiger partial charge in [-0.3, -0.25) is 5.10 Å². The Morgan fingerprint density at radius 3 is 2.59 bits per heavy atom. The van der Waals surface area contributed by atoms with E-state index in [0.29, 0.717) is 0 Å². The molecule has 2 aromatic heterocycles. The number of aliphatic carboxylic acids is 1. The van der Waals surface area contributed by atoms with E-state index < -0.39 is 5.97 Å². The van der Waals surface area contributed by atoms with Gasteiger partial charge in [0.25, 0.3) is 0 Å². The van der Waals surface area contributed by atoms with E-state index in [4.69, 9.17) is 5.11 Å². The SMILES string of the molecule is CC/C(=C(/c1ccc(/C=C/C(=O)O)cc1)c1ccc2[nH]ncc2c1)c1cnsc1. The van der Waals surface area contributed by atoms with Gasteiger partial charge in [0.1, 0.15) is 0 Å². The van der Waals surface area contributed by atoms with Crippen molar-refractivity contribution in [1.82, 2.24) is 14.6 Å². The zero-order valence-electron chi connectivity index (χ0n) is 15.8. The first-order chi connectivity index (χ1) is 14.2. The normalized spacial score (nSPS) is 12.4. The Bertz CT molecular complexity index is 1200. The highest BCUT2D eigenvalue weighted by Gasteiger charge is 2.14. The average Bonchev–Trinajstić information content (AvgIpc) is 3.42. The predicted molar refractivity (Wildman–Crippen MR) is 118 cm³/mol. The highest BCUT2D eigenvalue weighted by atomic mass is 32.1. The van der Waals surface area contributed by atoms with Crippen molar-refractivity contribution in [2.24, 2.45) is 0 Å². The number of aromatic nitrogens is 3. The van der Waals surface area contributed by atoms with Crippen molar-refractivity contribution in [3.05, 3.63) is 88.6 Å². The number of nitrogens with one attached hydrogen (secondary N) is 1. The molecule has 0 atom stereocenters. The number of hydrogen-bond acceptors (Lipinski definition) is 4. The van der Waals surface area contributed by atoms with Crippen LogP contribution in [0.1, 0.15) is 35.6 Å². The third kappa shape index (κ3) is 4.02. The lowest BCUT2D eigenvalue weighted by Crippen LogP contribution is -1.94. The Kier molecular flexibility index (Phi) is 5.35. The molecule has 29 heavy (non-hydrogen) atoms. The second-order valence-corrected chi connectivity index (χ2v) is 7.24. The predicted octanol–water partition coefficient (Wildman–Crippen LogP) is 5.49. The van der Waals surface area contributed by atoms with Crippen LogP contribution >= 0.6 is 11.5 Å². The van der Waals surface area contributed by atoms with Gasteiger partial charge < -0.3 is 5.11 Å². The van der Waals surface area contributed by atoms with E-state index in [1.165, 1.54) is 17.1 Å². The quantitative estimate of drug-likeness (QED) is 0.419. The van der Waals surface area contributed by atoms with Gasteiger partial charge in [0.2, 0.25) is 0 Å². The van der Waals surface area contributed by atoms with Crippen LogP contribution in [0, 0.1) is 0 Å². The summed E-state index contributed by atoms with van der Waals surface area (Å²) in [4.78, 5) is 10.8. The number of benzene rings is 2. The van der Waals surface area contributed by atoms with E-state index in [1.807, 2.05) is 42.7 Å². The number of fused-ring (bicyclic) bond motifs is 1. The number of hydrogen-bond donors (Lipinski definition) is 2. The number of carbonyl (C=O) groups is 1. The maximum absolute atomic E-state index is 10.8. The van der Waals surface area contributed by atoms with Crippen LogP contribution in [0.15, 0.2) is 66.3 Å². The van der Waals surface area contributed by atoms with Gasteiger partial charge in [-0.05, 0) is 64.0 Å². The van der Waals surface area contributed by atoms with Gasteiger partial charge >= 0.3 is 5.97 Å². The number of H-pyrrole nitrogens is 1. The van der Waals surface area contributed by atoms with E-state index in [1.54, 1.807) is 6.08 Å². The third-order valence-corrected chi connectivity index (χ3v) is 5.37. The molecule has 0 saturated heterocycles. The van der Waals surface area contributed by atoms with Crippen molar-refractivity contribution in [3.8, 4) is 0 Å². The minimum atomic E-state index is -0.957. The molecule has 2 heterocycles. The van der Waals surface area contributed by atoms with Gasteiger partial charge in [0.15, 0.2) is 0 Å². The molecule has 0 aliphatic carbocycles. The minimum Gasteiger partial charge on any atom is -0.478 e. The number of carboxylic acid groups (broad SMARTS) is 1. The fraction of sp³-hybridized carbons (Fsp3) is 0.0870. The number of aromatic amines is 1. The largest absolute Gasteiger partial charge is 0.478 e. The monoisotopic (exact) mass is 401 g/mol. The minimum absolute atomic E-state index is 0.844. The molecule has 144 valence electrons. The average molecular weight is 401 g/mol. The smallest absolute Gasteiger partial charge is 0.328 e. The highest BCUT2D eigenvalue weighted by molar-refractivity contribution is 7.03. The zero-order valence-corrected chi connectivity index (χ0v) is 16.6. The van der Waals surface area contributed by atoms with E-state index in [2.05, 4.69) is 39.0 Å². The molecule has 4 aromatic rings. The summed E-state index contributed by atoms with van der Waals surface area (Å²) in [5.74, 6) is -0.957. The second-order valence-electron chi connectivity index (χ2n) is 6.59. The van der Waals surface area contributed by atoms with Gasteiger partial charge in [0, 0.05) is 28.6 Å². The molecule has 2 aromatic carbocycles. The highest BCUT2D eigenvalue weighted by Crippen LogP contribution is 2.35. The Balaban J connectivity index is 1.87. The van der Waals surface area contributed by atoms with Gasteiger partial charge in [-0.15, -0.1) is 0 Å². The van der Waals surface area contributed by atoms with Crippen molar-refractivity contribution < 1.29 is 9.90 Å². The van der Waals surface area contributed by atoms with Crippen molar-refractivity contribution in [2.75, 3.05) is 0 Å². The number of nitrogens with zero attached hydrogens (tertiary/aromatic N) is 2. The van der Waals surface area contributed by atoms with E-state index >= 15 is 0 Å². The summed E-state index contributed by atoms with van der Waals surface area (Å²) in [6.45, 7) is 2.15. The lowest BCUT2D eigenvalue weighted by molar-refractivity contribution is -0.131. The van der Waals surface area contributed by atoms with Gasteiger partial charge in [0.05, 0.1) is 11.7 Å². The summed E-state index contributed by atoms with van der Waals surface area (Å²) in [5, 5.41) is 19.1. The number of carboxylic acids is 1. The molecule has 0 spiro atoms. The lowest BCUT2D eigenvalue weighted by Gasteiger charge is -2.15. The van der Waals surface area contributed by atoms with Gasteiger partial charge in [-0.2, -0.15) is 5.10 Å². The molecule has 0 saturated carbocycles. The van der Waals surface area contributed by atoms with Crippen LogP contribution in [0.4, 0.5) is 0 Å². The number of rotatable bonds is 6. The van der Waals surface area contributed by atoms with E-state index in [0.717, 1.165) is 51.2 Å². The second kappa shape index (κ2) is 8.24. The maximum Gasteiger partial charge on any atom is 0.328 e. The summed E-state index contributed by atoms with van der Waals surface area (Å²) in [5.41, 5.74) is 7.50. The van der Waals surface area contributed by atoms with E-state index in [-0.39, 0.29) is 0 Å². The fourth-order valence-electron chi connectivity index (χ4n) is 3.42. The molecular formula is C23H19N3O2S. The van der Waals surface area contributed by atoms with Crippen LogP contribution in [0.5, 0.6) is 0 Å². The van der Waals surface area contributed by atoms with Gasteiger partial charge in [-0.1, -0.05) is 37.3 Å². The Morgan fingerprint density at radius 2 is 1.90 bits per heavy atom. The molecular weight excluding hydrogens is 382 g/mol. The van der Waals surface area contributed by atoms with Crippen LogP contribution < -0.4 is 0 Å². The van der Waals surface area contributed by atoms with Crippen LogP contribution in [-0.4, -0.2) is 25.6 Å². The van der Waals surface area contributed by atoms with Crippen LogP contribution in [0.3, 0.4) is 0 Å². The molecule has 0 unspecified atom stereocenters. The maximum atomic E-state index is 10.8. The molecule has 0 fully saturated rings. The third-order valence-electron chi connectivity index (χ3n) is 4.78. The molecule has 6 heteroatoms. The molecule has 0 aliphatic heterocycles. The Morgan fingerprint density at radius 1 is 1.10 bits per heavy atom. The molecule has 0 amide bonds. The lowest BCUT2D eigenvalue weighted by atomic mass is 9.88. The molecule has 2 N–H and O–H groups in total. The van der Waals surface area contributed by atoms with Gasteiger partial charge in [-0.25, -0.2) is 9.17 Å². The molecule has 0 bridgehead atoms. The van der Waals surface area contributed by atoms with Crippen LogP contribution in [0.2, 0.25) is 0 Å². The van der Waals surface area contributed by atoms with E-state index in [9.17, 15) is 4.79 Å². The molecule has 0 radical (unpaired) electrons. The zero-order chi connectivity index (χ0) is 20.2.